The number of ether oxygens (including phenoxy) is 1. The first-order chi connectivity index (χ1) is 9.50. The Morgan fingerprint density at radius 3 is 2.65 bits per heavy atom. The van der Waals surface area contributed by atoms with Crippen LogP contribution in [0.1, 0.15) is 32.5 Å². The number of nitrogen functional groups attached to an aromatic ring is 1. The summed E-state index contributed by atoms with van der Waals surface area (Å²) in [6.45, 7) is 5.60. The summed E-state index contributed by atoms with van der Waals surface area (Å²) in [5.41, 5.74) is 2.59. The van der Waals surface area contributed by atoms with Gasteiger partial charge in [-0.15, -0.1) is 0 Å². The van der Waals surface area contributed by atoms with Crippen molar-refractivity contribution < 1.29 is 9.84 Å². The summed E-state index contributed by atoms with van der Waals surface area (Å²) < 4.78 is 5.03. The number of methoxy groups -OCH3 is 1. The molecule has 7 nitrogen and oxygen atoms in total. The zero-order valence-corrected chi connectivity index (χ0v) is 12.4. The van der Waals surface area contributed by atoms with E-state index >= 15 is 0 Å². The summed E-state index contributed by atoms with van der Waals surface area (Å²) in [6.07, 6.45) is 1.73. The highest BCUT2D eigenvalue weighted by atomic mass is 16.5. The third-order valence-corrected chi connectivity index (χ3v) is 2.95. The van der Waals surface area contributed by atoms with Gasteiger partial charge < -0.3 is 20.6 Å². The first kappa shape index (κ1) is 16.6. The minimum absolute atomic E-state index is 0.0748. The number of rotatable bonds is 9. The van der Waals surface area contributed by atoms with E-state index in [1.165, 1.54) is 0 Å². The van der Waals surface area contributed by atoms with Gasteiger partial charge in [0.2, 0.25) is 0 Å². The number of nitrogens with one attached hydrogen (secondary N) is 2. The number of aliphatic hydroxyl groups excluding tert-OH is 1. The van der Waals surface area contributed by atoms with Crippen molar-refractivity contribution in [3.63, 3.8) is 0 Å². The van der Waals surface area contributed by atoms with Crippen molar-refractivity contribution in [1.82, 2.24) is 9.97 Å². The molecule has 1 heterocycles. The molecule has 114 valence electrons. The molecule has 0 atom stereocenters. The summed E-state index contributed by atoms with van der Waals surface area (Å²) in [7, 11) is 1.59. The van der Waals surface area contributed by atoms with Gasteiger partial charge >= 0.3 is 0 Å². The van der Waals surface area contributed by atoms with Crippen LogP contribution < -0.4 is 16.6 Å². The highest BCUT2D eigenvalue weighted by Gasteiger charge is 2.17. The Kier molecular flexibility index (Phi) is 6.63. The molecule has 0 saturated heterocycles. The van der Waals surface area contributed by atoms with Gasteiger partial charge in [0.25, 0.3) is 0 Å². The van der Waals surface area contributed by atoms with Gasteiger partial charge in [-0.2, -0.15) is 0 Å². The topological polar surface area (TPSA) is 105 Å². The van der Waals surface area contributed by atoms with Crippen LogP contribution in [-0.4, -0.2) is 35.3 Å². The van der Waals surface area contributed by atoms with E-state index in [4.69, 9.17) is 15.7 Å². The highest BCUT2D eigenvalue weighted by molar-refractivity contribution is 5.46. The van der Waals surface area contributed by atoms with Crippen LogP contribution >= 0.6 is 0 Å². The van der Waals surface area contributed by atoms with Gasteiger partial charge in [0.15, 0.2) is 5.82 Å². The van der Waals surface area contributed by atoms with Gasteiger partial charge in [0.05, 0.1) is 0 Å². The maximum absolute atomic E-state index is 8.90. The molecule has 1 aromatic heterocycles. The zero-order chi connectivity index (χ0) is 15.0. The maximum Gasteiger partial charge on any atom is 0.158 e. The first-order valence-corrected chi connectivity index (χ1v) is 6.69. The van der Waals surface area contributed by atoms with Crippen LogP contribution in [0.2, 0.25) is 0 Å². The van der Waals surface area contributed by atoms with Crippen LogP contribution in [0.25, 0.3) is 0 Å². The molecule has 20 heavy (non-hydrogen) atoms. The average Bonchev–Trinajstić information content (AvgIpc) is 2.43. The Hall–Kier alpha value is -1.44. The lowest BCUT2D eigenvalue weighted by atomic mass is 9.88. The van der Waals surface area contributed by atoms with E-state index in [1.807, 2.05) is 0 Å². The van der Waals surface area contributed by atoms with Crippen molar-refractivity contribution >= 4 is 11.6 Å². The molecular weight excluding hydrogens is 258 g/mol. The normalized spacial score (nSPS) is 11.4. The lowest BCUT2D eigenvalue weighted by Crippen LogP contribution is -2.24. The number of hydrazine groups is 1. The van der Waals surface area contributed by atoms with Gasteiger partial charge in [0.1, 0.15) is 18.2 Å². The van der Waals surface area contributed by atoms with Crippen molar-refractivity contribution in [1.29, 1.82) is 0 Å². The van der Waals surface area contributed by atoms with Gasteiger partial charge in [0, 0.05) is 26.3 Å². The van der Waals surface area contributed by atoms with Crippen molar-refractivity contribution in [2.75, 3.05) is 31.0 Å². The first-order valence-electron chi connectivity index (χ1n) is 6.69. The fraction of sp³-hybridized carbons (Fsp3) is 0.692. The van der Waals surface area contributed by atoms with E-state index < -0.39 is 0 Å². The molecule has 1 aromatic rings. The van der Waals surface area contributed by atoms with Gasteiger partial charge in [-0.1, -0.05) is 13.8 Å². The second-order valence-electron chi connectivity index (χ2n) is 5.48. The maximum atomic E-state index is 8.90. The third kappa shape index (κ3) is 5.68. The predicted octanol–water partition coefficient (Wildman–Crippen LogP) is 1.12. The lowest BCUT2D eigenvalue weighted by molar-refractivity contribution is 0.178. The summed E-state index contributed by atoms with van der Waals surface area (Å²) in [5, 5.41) is 12.2. The fourth-order valence-electron chi connectivity index (χ4n) is 1.83. The number of nitrogens with two attached hydrogens (primary N) is 1. The fourth-order valence-corrected chi connectivity index (χ4v) is 1.83. The van der Waals surface area contributed by atoms with Crippen LogP contribution in [0.4, 0.5) is 11.6 Å². The SMILES string of the molecule is COCc1nc(NN)cc(NCC(C)(C)CCCO)n1. The van der Waals surface area contributed by atoms with Gasteiger partial charge in [-0.3, -0.25) is 0 Å². The van der Waals surface area contributed by atoms with E-state index in [2.05, 4.69) is 34.6 Å². The predicted molar refractivity (Wildman–Crippen MR) is 79.1 cm³/mol. The molecule has 0 aliphatic carbocycles. The molecule has 0 aromatic carbocycles. The van der Waals surface area contributed by atoms with E-state index in [-0.39, 0.29) is 12.0 Å². The van der Waals surface area contributed by atoms with Crippen LogP contribution in [-0.2, 0) is 11.3 Å². The molecule has 0 aliphatic rings. The van der Waals surface area contributed by atoms with Gasteiger partial charge in [-0.25, -0.2) is 15.8 Å². The number of hydrogen-bond donors (Lipinski definition) is 4. The van der Waals surface area contributed by atoms with Crippen molar-refractivity contribution in [2.24, 2.45) is 11.3 Å². The third-order valence-electron chi connectivity index (χ3n) is 2.95. The molecule has 0 amide bonds. The molecule has 0 radical (unpaired) electrons. The van der Waals surface area contributed by atoms with Crippen LogP contribution in [0.3, 0.4) is 0 Å². The van der Waals surface area contributed by atoms with Crippen LogP contribution in [0.5, 0.6) is 0 Å². The minimum Gasteiger partial charge on any atom is -0.396 e. The quantitative estimate of drug-likeness (QED) is 0.397. The molecule has 0 bridgehead atoms. The second-order valence-corrected chi connectivity index (χ2v) is 5.48. The van der Waals surface area contributed by atoms with Crippen LogP contribution in [0.15, 0.2) is 6.07 Å². The van der Waals surface area contributed by atoms with Crippen molar-refractivity contribution in [2.45, 2.75) is 33.3 Å². The Balaban J connectivity index is 2.68. The number of hydrogen-bond acceptors (Lipinski definition) is 7. The van der Waals surface area contributed by atoms with E-state index in [0.717, 1.165) is 19.4 Å². The standard InChI is InChI=1S/C13H25N5O2/c1-13(2,5-4-6-19)9-15-10-7-11(18-14)17-12(16-10)8-20-3/h7,19H,4-6,8-9,14H2,1-3H3,(H2,15,16,17,18). The average molecular weight is 283 g/mol. The number of aromatic nitrogens is 2. The molecule has 1 rings (SSSR count). The smallest absolute Gasteiger partial charge is 0.158 e. The van der Waals surface area contributed by atoms with Crippen molar-refractivity contribution in [3.8, 4) is 0 Å². The molecular formula is C13H25N5O2. The summed E-state index contributed by atoms with van der Waals surface area (Å²) in [6, 6.07) is 1.75. The molecule has 0 fully saturated rings. The second kappa shape index (κ2) is 7.98. The number of anilines is 2. The molecule has 7 heteroatoms. The Labute approximate surface area is 119 Å². The Bertz CT molecular complexity index is 412. The molecule has 0 aliphatic heterocycles. The monoisotopic (exact) mass is 283 g/mol. The van der Waals surface area contributed by atoms with Crippen LogP contribution in [0, 0.1) is 5.41 Å². The molecule has 0 unspecified atom stereocenters. The zero-order valence-electron chi connectivity index (χ0n) is 12.4. The Morgan fingerprint density at radius 2 is 2.05 bits per heavy atom. The van der Waals surface area contributed by atoms with E-state index in [1.54, 1.807) is 13.2 Å². The van der Waals surface area contributed by atoms with E-state index in [0.29, 0.717) is 24.1 Å². The number of nitrogens with zero attached hydrogens (tertiary/aromatic N) is 2. The summed E-state index contributed by atoms with van der Waals surface area (Å²) in [5.74, 6) is 7.21. The molecule has 0 saturated carbocycles. The van der Waals surface area contributed by atoms with E-state index in [9.17, 15) is 0 Å². The highest BCUT2D eigenvalue weighted by Crippen LogP contribution is 2.23. The molecule has 0 spiro atoms. The summed E-state index contributed by atoms with van der Waals surface area (Å²) in [4.78, 5) is 8.55. The lowest BCUT2D eigenvalue weighted by Gasteiger charge is -2.25. The van der Waals surface area contributed by atoms with Crippen molar-refractivity contribution in [3.05, 3.63) is 11.9 Å². The number of aliphatic hydroxyl groups is 1. The Morgan fingerprint density at radius 1 is 1.35 bits per heavy atom. The molecule has 5 N–H and O–H groups in total. The largest absolute Gasteiger partial charge is 0.396 e. The van der Waals surface area contributed by atoms with Gasteiger partial charge in [-0.05, 0) is 18.3 Å². The summed E-state index contributed by atoms with van der Waals surface area (Å²) >= 11 is 0. The minimum atomic E-state index is 0.0748.